The minimum atomic E-state index is -0.858. The minimum absolute atomic E-state index is 0.361. The molecule has 0 spiro atoms. The number of carboxylic acids is 1. The van der Waals surface area contributed by atoms with Crippen LogP contribution in [0.4, 0.5) is 5.69 Å². The van der Waals surface area contributed by atoms with Crippen molar-refractivity contribution in [1.82, 2.24) is 4.48 Å². The third kappa shape index (κ3) is 10.8. The highest BCUT2D eigenvalue weighted by Crippen LogP contribution is 2.21. The molecule has 0 fully saturated rings. The molecule has 0 aliphatic heterocycles. The van der Waals surface area contributed by atoms with E-state index in [9.17, 15) is 4.79 Å². The first kappa shape index (κ1) is 24.7. The van der Waals surface area contributed by atoms with Gasteiger partial charge in [0.2, 0.25) is 0 Å². The van der Waals surface area contributed by atoms with Gasteiger partial charge in [-0.1, -0.05) is 84.0 Å². The second kappa shape index (κ2) is 14.6. The molecule has 3 nitrogen and oxygen atoms in total. The van der Waals surface area contributed by atoms with E-state index < -0.39 is 5.97 Å². The molecule has 1 rings (SSSR count). The highest BCUT2D eigenvalue weighted by atomic mass is 16.4. The number of hydrogen-bond acceptors (Lipinski definition) is 1. The molecule has 0 unspecified atom stereocenters. The molecule has 1 aromatic carbocycles. The van der Waals surface area contributed by atoms with Crippen LogP contribution in [0.2, 0.25) is 0 Å². The Morgan fingerprint density at radius 3 is 1.50 bits per heavy atom. The lowest BCUT2D eigenvalue weighted by Crippen LogP contribution is -2.41. The lowest BCUT2D eigenvalue weighted by atomic mass is 10.0. The van der Waals surface area contributed by atoms with E-state index in [0.717, 1.165) is 11.0 Å². The van der Waals surface area contributed by atoms with Crippen molar-refractivity contribution in [1.29, 1.82) is 0 Å². The summed E-state index contributed by atoms with van der Waals surface area (Å²) in [5.41, 5.74) is 1.54. The Morgan fingerprint density at radius 2 is 1.11 bits per heavy atom. The summed E-state index contributed by atoms with van der Waals surface area (Å²) < 4.78 is 0.818. The number of hydrogen-bond donors (Lipinski definition) is 1. The Labute approximate surface area is 173 Å². The van der Waals surface area contributed by atoms with Gasteiger partial charge < -0.3 is 5.11 Å². The first-order valence-electron chi connectivity index (χ1n) is 11.6. The largest absolute Gasteiger partial charge is 0.478 e. The zero-order valence-corrected chi connectivity index (χ0v) is 18.7. The topological polar surface area (TPSA) is 37.3 Å². The van der Waals surface area contributed by atoms with Crippen molar-refractivity contribution < 1.29 is 9.90 Å². The van der Waals surface area contributed by atoms with Crippen LogP contribution in [-0.2, 0) is 0 Å². The highest BCUT2D eigenvalue weighted by Gasteiger charge is 2.18. The van der Waals surface area contributed by atoms with Crippen molar-refractivity contribution in [2.45, 2.75) is 96.8 Å². The van der Waals surface area contributed by atoms with Gasteiger partial charge in [-0.2, -0.15) is 0 Å². The normalized spacial score (nSPS) is 11.7. The smallest absolute Gasteiger partial charge is 0.335 e. The quantitative estimate of drug-likeness (QED) is 0.222. The van der Waals surface area contributed by atoms with Crippen LogP contribution in [0.3, 0.4) is 0 Å². The standard InChI is InChI=1S/C25H43NO2/c1-4-5-6-7-8-9-10-11-12-13-14-15-16-17-22-26(2,3)24-20-18-23(19-21-24)25(27)28/h18-21H,4-17,22H2,1-3H3/p+1. The number of carboxylic acid groups (broad SMARTS) is 1. The van der Waals surface area contributed by atoms with Gasteiger partial charge >= 0.3 is 5.97 Å². The summed E-state index contributed by atoms with van der Waals surface area (Å²) in [5.74, 6) is -0.858. The van der Waals surface area contributed by atoms with Crippen LogP contribution >= 0.6 is 0 Å². The van der Waals surface area contributed by atoms with Crippen molar-refractivity contribution in [3.8, 4) is 0 Å². The fourth-order valence-corrected chi connectivity index (χ4v) is 3.84. The third-order valence-electron chi connectivity index (χ3n) is 5.88. The van der Waals surface area contributed by atoms with E-state index in [0.29, 0.717) is 5.56 Å². The number of carbonyl (C=O) groups is 1. The molecule has 0 atom stereocenters. The third-order valence-corrected chi connectivity index (χ3v) is 5.88. The van der Waals surface area contributed by atoms with Gasteiger partial charge in [-0.15, -0.1) is 0 Å². The Balaban J connectivity index is 2.01. The van der Waals surface area contributed by atoms with Crippen LogP contribution in [0.15, 0.2) is 24.3 Å². The van der Waals surface area contributed by atoms with Crippen LogP contribution in [0, 0.1) is 0 Å². The lowest BCUT2D eigenvalue weighted by Gasteiger charge is -2.29. The summed E-state index contributed by atoms with van der Waals surface area (Å²) in [6.45, 7) is 3.38. The Bertz CT molecular complexity index is 522. The van der Waals surface area contributed by atoms with Crippen LogP contribution in [0.25, 0.3) is 0 Å². The van der Waals surface area contributed by atoms with Crippen LogP contribution in [0.5, 0.6) is 0 Å². The molecule has 1 N–H and O–H groups in total. The summed E-state index contributed by atoms with van der Waals surface area (Å²) in [4.78, 5) is 11.0. The predicted molar refractivity (Wildman–Crippen MR) is 122 cm³/mol. The summed E-state index contributed by atoms with van der Waals surface area (Å²) >= 11 is 0. The van der Waals surface area contributed by atoms with Gasteiger partial charge in [-0.3, -0.25) is 4.48 Å². The van der Waals surface area contributed by atoms with E-state index in [-0.39, 0.29) is 0 Å². The molecule has 0 aliphatic carbocycles. The van der Waals surface area contributed by atoms with Crippen molar-refractivity contribution in [2.75, 3.05) is 20.6 Å². The van der Waals surface area contributed by atoms with Gasteiger partial charge in [0.1, 0.15) is 5.69 Å². The van der Waals surface area contributed by atoms with E-state index >= 15 is 0 Å². The second-order valence-corrected chi connectivity index (χ2v) is 8.86. The average Bonchev–Trinajstić information content (AvgIpc) is 2.68. The molecule has 0 saturated heterocycles. The van der Waals surface area contributed by atoms with Gasteiger partial charge in [-0.25, -0.2) is 4.79 Å². The maximum atomic E-state index is 11.0. The number of unbranched alkanes of at least 4 members (excludes halogenated alkanes) is 13. The maximum absolute atomic E-state index is 11.0. The summed E-state index contributed by atoms with van der Waals surface area (Å²) in [6, 6.07) is 7.33. The van der Waals surface area contributed by atoms with E-state index in [4.69, 9.17) is 5.11 Å². The minimum Gasteiger partial charge on any atom is -0.478 e. The number of nitrogens with zero attached hydrogens (tertiary/aromatic N) is 1. The number of rotatable bonds is 17. The van der Waals surface area contributed by atoms with E-state index in [1.165, 1.54) is 95.6 Å². The number of benzene rings is 1. The van der Waals surface area contributed by atoms with Gasteiger partial charge in [0, 0.05) is 0 Å². The van der Waals surface area contributed by atoms with E-state index in [1.807, 2.05) is 12.1 Å². The van der Waals surface area contributed by atoms with Crippen molar-refractivity contribution in [2.24, 2.45) is 0 Å². The summed E-state index contributed by atoms with van der Waals surface area (Å²) in [5, 5.41) is 9.02. The Morgan fingerprint density at radius 1 is 0.714 bits per heavy atom. The molecule has 0 heterocycles. The molecule has 160 valence electrons. The summed E-state index contributed by atoms with van der Waals surface area (Å²) in [7, 11) is 4.41. The van der Waals surface area contributed by atoms with Crippen molar-refractivity contribution in [3.63, 3.8) is 0 Å². The first-order valence-corrected chi connectivity index (χ1v) is 11.6. The molecular weight excluding hydrogens is 346 g/mol. The van der Waals surface area contributed by atoms with E-state index in [1.54, 1.807) is 12.1 Å². The molecule has 0 bridgehead atoms. The van der Waals surface area contributed by atoms with Gasteiger partial charge in [0.25, 0.3) is 0 Å². The Kier molecular flexibility index (Phi) is 12.9. The van der Waals surface area contributed by atoms with Gasteiger partial charge in [0.15, 0.2) is 0 Å². The molecule has 0 aromatic heterocycles. The average molecular weight is 391 g/mol. The molecule has 0 radical (unpaired) electrons. The van der Waals surface area contributed by atoms with Crippen molar-refractivity contribution in [3.05, 3.63) is 29.8 Å². The molecule has 0 saturated carbocycles. The number of quaternary nitrogens is 1. The zero-order valence-electron chi connectivity index (χ0n) is 18.7. The highest BCUT2D eigenvalue weighted by molar-refractivity contribution is 5.87. The molecule has 0 amide bonds. The first-order chi connectivity index (χ1) is 13.5. The van der Waals surface area contributed by atoms with Crippen molar-refractivity contribution >= 4 is 11.7 Å². The van der Waals surface area contributed by atoms with Crippen LogP contribution in [0.1, 0.15) is 107 Å². The van der Waals surface area contributed by atoms with Gasteiger partial charge in [0.05, 0.1) is 26.2 Å². The molecule has 28 heavy (non-hydrogen) atoms. The summed E-state index contributed by atoms with van der Waals surface area (Å²) in [6.07, 6.45) is 19.4. The van der Waals surface area contributed by atoms with Gasteiger partial charge in [-0.05, 0) is 37.1 Å². The molecule has 0 aliphatic rings. The fraction of sp³-hybridized carbons (Fsp3) is 0.720. The Hall–Kier alpha value is -1.35. The zero-order chi connectivity index (χ0) is 20.7. The molecular formula is C25H44NO2+. The van der Waals surface area contributed by atoms with E-state index in [2.05, 4.69) is 21.0 Å². The molecule has 3 heteroatoms. The molecule has 1 aromatic rings. The second-order valence-electron chi connectivity index (χ2n) is 8.86. The maximum Gasteiger partial charge on any atom is 0.335 e. The van der Waals surface area contributed by atoms with Crippen LogP contribution in [-0.4, -0.2) is 31.7 Å². The number of aromatic carboxylic acids is 1. The lowest BCUT2D eigenvalue weighted by molar-refractivity contribution is 0.0697. The predicted octanol–water partition coefficient (Wildman–Crippen LogP) is 7.43. The van der Waals surface area contributed by atoms with Crippen LogP contribution < -0.4 is 4.48 Å². The fourth-order valence-electron chi connectivity index (χ4n) is 3.84. The monoisotopic (exact) mass is 390 g/mol. The SMILES string of the molecule is CCCCCCCCCCCCCCCC[N+](C)(C)c1ccc(C(=O)O)cc1.